The molecule has 1 aromatic carbocycles. The van der Waals surface area contributed by atoms with E-state index in [1.54, 1.807) is 30.3 Å². The third-order valence-electron chi connectivity index (χ3n) is 2.52. The fourth-order valence-electron chi connectivity index (χ4n) is 1.37. The summed E-state index contributed by atoms with van der Waals surface area (Å²) in [4.78, 5) is 33.9. The molecule has 108 valence electrons. The quantitative estimate of drug-likeness (QED) is 0.568. The summed E-state index contributed by atoms with van der Waals surface area (Å²) in [5.74, 6) is -2.02. The van der Waals surface area contributed by atoms with Gasteiger partial charge in [0.05, 0.1) is 0 Å². The van der Waals surface area contributed by atoms with Gasteiger partial charge in [-0.3, -0.25) is 14.4 Å². The number of hydrogen-bond donors (Lipinski definition) is 4. The second-order valence-electron chi connectivity index (χ2n) is 4.40. The van der Waals surface area contributed by atoms with E-state index in [0.717, 1.165) is 0 Å². The number of rotatable bonds is 6. The van der Waals surface area contributed by atoms with E-state index >= 15 is 0 Å². The van der Waals surface area contributed by atoms with Crippen molar-refractivity contribution in [1.82, 2.24) is 10.6 Å². The summed E-state index contributed by atoms with van der Waals surface area (Å²) in [7, 11) is 0. The fraction of sp³-hybridized carbons (Fsp3) is 0.308. The average Bonchev–Trinajstić information content (AvgIpc) is 2.43. The van der Waals surface area contributed by atoms with Crippen LogP contribution in [0.15, 0.2) is 30.3 Å². The number of aliphatic carboxylic acids is 1. The van der Waals surface area contributed by atoms with Gasteiger partial charge >= 0.3 is 5.97 Å². The molecule has 1 atom stereocenters. The lowest BCUT2D eigenvalue weighted by molar-refractivity contribution is -0.138. The zero-order valence-corrected chi connectivity index (χ0v) is 11.8. The van der Waals surface area contributed by atoms with Gasteiger partial charge in [-0.1, -0.05) is 18.2 Å². The first-order valence-electron chi connectivity index (χ1n) is 5.88. The Morgan fingerprint density at radius 1 is 1.20 bits per heavy atom. The molecule has 0 radical (unpaired) electrons. The van der Waals surface area contributed by atoms with E-state index in [-0.39, 0.29) is 12.5 Å². The minimum Gasteiger partial charge on any atom is -0.480 e. The molecule has 7 heteroatoms. The molecule has 1 unspecified atom stereocenters. The molecule has 3 N–H and O–H groups in total. The molecule has 0 heterocycles. The third-order valence-corrected chi connectivity index (χ3v) is 2.88. The summed E-state index contributed by atoms with van der Waals surface area (Å²) >= 11 is 4.15. The SMILES string of the molecule is CC(S)(CNC(=O)c1ccccc1)C(=O)NCC(=O)O. The minimum absolute atomic E-state index is 0.0186. The van der Waals surface area contributed by atoms with Crippen LogP contribution in [-0.2, 0) is 9.59 Å². The molecule has 0 aromatic heterocycles. The Morgan fingerprint density at radius 2 is 1.80 bits per heavy atom. The number of amides is 2. The van der Waals surface area contributed by atoms with Crippen LogP contribution in [0, 0.1) is 0 Å². The highest BCUT2D eigenvalue weighted by Gasteiger charge is 2.29. The Hall–Kier alpha value is -2.02. The van der Waals surface area contributed by atoms with E-state index in [9.17, 15) is 14.4 Å². The number of carboxylic acids is 1. The molecule has 0 fully saturated rings. The summed E-state index contributed by atoms with van der Waals surface area (Å²) < 4.78 is -1.19. The Bertz CT molecular complexity index is 502. The highest BCUT2D eigenvalue weighted by atomic mass is 32.1. The molecule has 2 amide bonds. The van der Waals surface area contributed by atoms with Crippen molar-refractivity contribution in [3.8, 4) is 0 Å². The number of hydrogen-bond acceptors (Lipinski definition) is 4. The zero-order valence-electron chi connectivity index (χ0n) is 10.9. The third kappa shape index (κ3) is 4.93. The van der Waals surface area contributed by atoms with Crippen molar-refractivity contribution >= 4 is 30.4 Å². The number of thiol groups is 1. The lowest BCUT2D eigenvalue weighted by Gasteiger charge is -2.22. The molecule has 0 aliphatic carbocycles. The van der Waals surface area contributed by atoms with Crippen molar-refractivity contribution in [2.24, 2.45) is 0 Å². The molecular formula is C13H16N2O4S. The first kappa shape index (κ1) is 16.0. The van der Waals surface area contributed by atoms with Gasteiger partial charge in [-0.2, -0.15) is 12.6 Å². The number of carboxylic acid groups (broad SMARTS) is 1. The molecule has 0 spiro atoms. The molecule has 1 rings (SSSR count). The van der Waals surface area contributed by atoms with Gasteiger partial charge in [0.2, 0.25) is 5.91 Å². The van der Waals surface area contributed by atoms with Crippen molar-refractivity contribution in [2.75, 3.05) is 13.1 Å². The summed E-state index contributed by atoms with van der Waals surface area (Å²) in [6.45, 7) is 0.996. The number of benzene rings is 1. The van der Waals surface area contributed by atoms with Crippen molar-refractivity contribution in [3.05, 3.63) is 35.9 Å². The monoisotopic (exact) mass is 296 g/mol. The second-order valence-corrected chi connectivity index (χ2v) is 5.39. The van der Waals surface area contributed by atoms with Crippen LogP contribution in [0.25, 0.3) is 0 Å². The van der Waals surface area contributed by atoms with E-state index in [4.69, 9.17) is 5.11 Å². The Labute approximate surface area is 122 Å². The zero-order chi connectivity index (χ0) is 15.2. The summed E-state index contributed by atoms with van der Waals surface area (Å²) in [5.41, 5.74) is 0.475. The maximum atomic E-state index is 11.8. The molecule has 1 aromatic rings. The van der Waals surface area contributed by atoms with E-state index in [1.807, 2.05) is 0 Å². The largest absolute Gasteiger partial charge is 0.480 e. The van der Waals surface area contributed by atoms with Crippen molar-refractivity contribution in [1.29, 1.82) is 0 Å². The van der Waals surface area contributed by atoms with Gasteiger partial charge in [-0.15, -0.1) is 0 Å². The normalized spacial score (nSPS) is 13.1. The molecule has 6 nitrogen and oxygen atoms in total. The molecule has 0 saturated heterocycles. The smallest absolute Gasteiger partial charge is 0.322 e. The number of nitrogens with one attached hydrogen (secondary N) is 2. The Balaban J connectivity index is 2.52. The van der Waals surface area contributed by atoms with Crippen LogP contribution >= 0.6 is 12.6 Å². The van der Waals surface area contributed by atoms with E-state index in [0.29, 0.717) is 5.56 Å². The highest BCUT2D eigenvalue weighted by molar-refractivity contribution is 7.82. The maximum Gasteiger partial charge on any atom is 0.322 e. The Morgan fingerprint density at radius 3 is 2.35 bits per heavy atom. The van der Waals surface area contributed by atoms with Crippen molar-refractivity contribution in [2.45, 2.75) is 11.7 Å². The van der Waals surface area contributed by atoms with Crippen LogP contribution in [0.3, 0.4) is 0 Å². The molecule has 20 heavy (non-hydrogen) atoms. The van der Waals surface area contributed by atoms with Crippen LogP contribution in [-0.4, -0.2) is 40.7 Å². The van der Waals surface area contributed by atoms with Crippen LogP contribution in [0.5, 0.6) is 0 Å². The fourth-order valence-corrected chi connectivity index (χ4v) is 1.53. The summed E-state index contributed by atoms with van der Waals surface area (Å²) in [6, 6.07) is 8.55. The van der Waals surface area contributed by atoms with Gasteiger partial charge in [0.25, 0.3) is 5.91 Å². The van der Waals surface area contributed by atoms with Crippen LogP contribution < -0.4 is 10.6 Å². The van der Waals surface area contributed by atoms with E-state index in [2.05, 4.69) is 23.3 Å². The number of carbonyl (C=O) groups is 3. The molecule has 0 aliphatic heterocycles. The molecule has 0 saturated carbocycles. The summed E-state index contributed by atoms with van der Waals surface area (Å²) in [5, 5.41) is 13.3. The van der Waals surface area contributed by atoms with Gasteiger partial charge in [0, 0.05) is 12.1 Å². The van der Waals surface area contributed by atoms with Gasteiger partial charge < -0.3 is 15.7 Å². The van der Waals surface area contributed by atoms with Gasteiger partial charge in [0.15, 0.2) is 0 Å². The van der Waals surface area contributed by atoms with E-state index < -0.39 is 23.2 Å². The lowest BCUT2D eigenvalue weighted by atomic mass is 10.1. The van der Waals surface area contributed by atoms with Crippen LogP contribution in [0.4, 0.5) is 0 Å². The van der Waals surface area contributed by atoms with Gasteiger partial charge in [-0.25, -0.2) is 0 Å². The van der Waals surface area contributed by atoms with Crippen LogP contribution in [0.1, 0.15) is 17.3 Å². The molecular weight excluding hydrogens is 280 g/mol. The molecule has 0 aliphatic rings. The topological polar surface area (TPSA) is 95.5 Å². The van der Waals surface area contributed by atoms with Gasteiger partial charge in [-0.05, 0) is 19.1 Å². The lowest BCUT2D eigenvalue weighted by Crippen LogP contribution is -2.49. The predicted molar refractivity (Wildman–Crippen MR) is 76.8 cm³/mol. The second kappa shape index (κ2) is 6.95. The van der Waals surface area contributed by atoms with Crippen LogP contribution in [0.2, 0.25) is 0 Å². The van der Waals surface area contributed by atoms with Gasteiger partial charge in [0.1, 0.15) is 11.3 Å². The molecule has 0 bridgehead atoms. The summed E-state index contributed by atoms with van der Waals surface area (Å²) in [6.07, 6.45) is 0. The first-order chi connectivity index (χ1) is 9.33. The maximum absolute atomic E-state index is 11.8. The predicted octanol–water partition coefficient (Wildman–Crippen LogP) is 0.306. The number of carbonyl (C=O) groups excluding carboxylic acids is 2. The first-order valence-corrected chi connectivity index (χ1v) is 6.33. The average molecular weight is 296 g/mol. The van der Waals surface area contributed by atoms with E-state index in [1.165, 1.54) is 6.92 Å². The standard InChI is InChI=1S/C13H16N2O4S/c1-13(20,12(19)14-7-10(16)17)8-15-11(18)9-5-3-2-4-6-9/h2-6,20H,7-8H2,1H3,(H,14,19)(H,15,18)(H,16,17). The van der Waals surface area contributed by atoms with Crippen molar-refractivity contribution < 1.29 is 19.5 Å². The minimum atomic E-state index is -1.19. The van der Waals surface area contributed by atoms with Crippen molar-refractivity contribution in [3.63, 3.8) is 0 Å². The Kier molecular flexibility index (Phi) is 5.57. The highest BCUT2D eigenvalue weighted by Crippen LogP contribution is 2.12.